The Balaban J connectivity index is 2.51. The molecule has 3 heteroatoms. The lowest BCUT2D eigenvalue weighted by molar-refractivity contribution is 0.166. The minimum Gasteiger partial charge on any atom is -0.341 e. The molecule has 76 valence electrons. The number of amides is 2. The average Bonchev–Trinajstić information content (AvgIpc) is 2.08. The number of hydrogen-bond donors (Lipinski definition) is 2. The zero-order valence-corrected chi connectivity index (χ0v) is 8.81. The molecule has 1 aliphatic carbocycles. The van der Waals surface area contributed by atoms with Crippen LogP contribution in [0.3, 0.4) is 0 Å². The Bertz CT molecular complexity index is 189. The Labute approximate surface area is 80.3 Å². The van der Waals surface area contributed by atoms with Crippen LogP contribution in [0.4, 0.5) is 4.79 Å². The van der Waals surface area contributed by atoms with Crippen molar-refractivity contribution in [1.82, 2.24) is 10.6 Å². The zero-order valence-electron chi connectivity index (χ0n) is 8.81. The van der Waals surface area contributed by atoms with E-state index in [0.29, 0.717) is 6.04 Å². The Morgan fingerprint density at radius 1 is 1.38 bits per heavy atom. The van der Waals surface area contributed by atoms with E-state index >= 15 is 0 Å². The normalized spacial score (nSPS) is 26.5. The lowest BCUT2D eigenvalue weighted by atomic mass is 9.73. The molecule has 0 heterocycles. The fourth-order valence-corrected chi connectivity index (χ4v) is 1.99. The number of hydrogen-bond acceptors (Lipinski definition) is 1. The molecule has 2 N–H and O–H groups in total. The van der Waals surface area contributed by atoms with Crippen molar-refractivity contribution < 1.29 is 4.79 Å². The highest BCUT2D eigenvalue weighted by Crippen LogP contribution is 2.35. The van der Waals surface area contributed by atoms with Gasteiger partial charge >= 0.3 is 6.03 Å². The van der Waals surface area contributed by atoms with Gasteiger partial charge in [0.25, 0.3) is 0 Å². The first-order valence-corrected chi connectivity index (χ1v) is 5.04. The van der Waals surface area contributed by atoms with E-state index in [4.69, 9.17) is 0 Å². The number of carbonyl (C=O) groups excluding carboxylic acids is 1. The summed E-state index contributed by atoms with van der Waals surface area (Å²) in [5, 5.41) is 5.61. The molecule has 0 aliphatic heterocycles. The van der Waals surface area contributed by atoms with Crippen molar-refractivity contribution in [2.45, 2.75) is 45.6 Å². The molecule has 3 nitrogen and oxygen atoms in total. The molecule has 1 fully saturated rings. The number of urea groups is 1. The topological polar surface area (TPSA) is 41.1 Å². The third kappa shape index (κ3) is 2.61. The molecule has 0 spiro atoms. The summed E-state index contributed by atoms with van der Waals surface area (Å²) in [6.07, 6.45) is 4.85. The van der Waals surface area contributed by atoms with E-state index < -0.39 is 0 Å². The molecule has 2 amide bonds. The molecule has 0 aromatic carbocycles. The maximum Gasteiger partial charge on any atom is 0.314 e. The lowest BCUT2D eigenvalue weighted by Gasteiger charge is -2.38. The Morgan fingerprint density at radius 2 is 2.08 bits per heavy atom. The molecule has 1 aliphatic rings. The molecule has 1 rings (SSSR count). The predicted octanol–water partition coefficient (Wildman–Crippen LogP) is 1.88. The third-order valence-corrected chi connectivity index (χ3v) is 3.04. The predicted molar refractivity (Wildman–Crippen MR) is 53.6 cm³/mol. The molecule has 13 heavy (non-hydrogen) atoms. The van der Waals surface area contributed by atoms with Gasteiger partial charge in [0.05, 0.1) is 0 Å². The smallest absolute Gasteiger partial charge is 0.314 e. The summed E-state index contributed by atoms with van der Waals surface area (Å²) in [5.41, 5.74) is 0.255. The molecule has 0 aromatic rings. The van der Waals surface area contributed by atoms with Crippen LogP contribution in [0.2, 0.25) is 0 Å². The summed E-state index contributed by atoms with van der Waals surface area (Å²) >= 11 is 0. The van der Waals surface area contributed by atoms with Gasteiger partial charge in [0.2, 0.25) is 0 Å². The first-order valence-electron chi connectivity index (χ1n) is 5.04. The Kier molecular flexibility index (Phi) is 3.17. The maximum atomic E-state index is 11.1. The van der Waals surface area contributed by atoms with Crippen LogP contribution in [0.15, 0.2) is 0 Å². The molecule has 1 atom stereocenters. The van der Waals surface area contributed by atoms with Gasteiger partial charge in [0.15, 0.2) is 0 Å². The van der Waals surface area contributed by atoms with Crippen molar-refractivity contribution in [3.05, 3.63) is 0 Å². The molecule has 1 unspecified atom stereocenters. The number of carbonyl (C=O) groups is 1. The van der Waals surface area contributed by atoms with Crippen LogP contribution in [0.1, 0.15) is 39.5 Å². The second-order valence-corrected chi connectivity index (χ2v) is 4.51. The maximum absolute atomic E-state index is 11.1. The molecular formula is C10H20N2O. The van der Waals surface area contributed by atoms with E-state index in [-0.39, 0.29) is 11.4 Å². The van der Waals surface area contributed by atoms with Crippen molar-refractivity contribution in [3.8, 4) is 0 Å². The summed E-state index contributed by atoms with van der Waals surface area (Å²) < 4.78 is 0. The highest BCUT2D eigenvalue weighted by atomic mass is 16.2. The van der Waals surface area contributed by atoms with E-state index in [9.17, 15) is 4.79 Å². The van der Waals surface area contributed by atoms with Gasteiger partial charge < -0.3 is 10.6 Å². The van der Waals surface area contributed by atoms with Crippen molar-refractivity contribution in [3.63, 3.8) is 0 Å². The van der Waals surface area contributed by atoms with E-state index in [1.807, 2.05) is 0 Å². The first-order chi connectivity index (χ1) is 6.06. The SMILES string of the molecule is CNC(=O)NC1CCCCC1(C)C. The molecule has 0 bridgehead atoms. The van der Waals surface area contributed by atoms with Crippen LogP contribution in [0.25, 0.3) is 0 Å². The Hall–Kier alpha value is -0.730. The Morgan fingerprint density at radius 3 is 2.62 bits per heavy atom. The number of rotatable bonds is 1. The second kappa shape index (κ2) is 3.99. The molecule has 0 radical (unpaired) electrons. The summed E-state index contributed by atoms with van der Waals surface area (Å²) in [7, 11) is 1.66. The highest BCUT2D eigenvalue weighted by molar-refractivity contribution is 5.73. The van der Waals surface area contributed by atoms with Crippen LogP contribution in [-0.2, 0) is 0 Å². The van der Waals surface area contributed by atoms with Crippen molar-refractivity contribution in [1.29, 1.82) is 0 Å². The fraction of sp³-hybridized carbons (Fsp3) is 0.900. The van der Waals surface area contributed by atoms with Crippen molar-refractivity contribution >= 4 is 6.03 Å². The van der Waals surface area contributed by atoms with E-state index in [2.05, 4.69) is 24.5 Å². The van der Waals surface area contributed by atoms with Gasteiger partial charge in [-0.1, -0.05) is 26.7 Å². The van der Waals surface area contributed by atoms with Crippen LogP contribution in [0.5, 0.6) is 0 Å². The summed E-state index contributed by atoms with van der Waals surface area (Å²) in [6.45, 7) is 4.46. The molecule has 0 aromatic heterocycles. The van der Waals surface area contributed by atoms with E-state index in [1.165, 1.54) is 19.3 Å². The monoisotopic (exact) mass is 184 g/mol. The van der Waals surface area contributed by atoms with Crippen LogP contribution in [-0.4, -0.2) is 19.1 Å². The minimum atomic E-state index is -0.0556. The highest BCUT2D eigenvalue weighted by Gasteiger charge is 2.32. The number of nitrogens with one attached hydrogen (secondary N) is 2. The lowest BCUT2D eigenvalue weighted by Crippen LogP contribution is -2.49. The molecule has 0 saturated heterocycles. The van der Waals surface area contributed by atoms with Gasteiger partial charge in [-0.3, -0.25) is 0 Å². The summed E-state index contributed by atoms with van der Waals surface area (Å²) in [6, 6.07) is 0.279. The third-order valence-electron chi connectivity index (χ3n) is 3.04. The van der Waals surface area contributed by atoms with Gasteiger partial charge in [-0.2, -0.15) is 0 Å². The van der Waals surface area contributed by atoms with E-state index in [1.54, 1.807) is 7.05 Å². The van der Waals surface area contributed by atoms with Crippen LogP contribution < -0.4 is 10.6 Å². The van der Waals surface area contributed by atoms with Gasteiger partial charge in [0, 0.05) is 13.1 Å². The van der Waals surface area contributed by atoms with Gasteiger partial charge in [-0.25, -0.2) is 4.79 Å². The standard InChI is InChI=1S/C10H20N2O/c1-10(2)7-5-4-6-8(10)12-9(13)11-3/h8H,4-7H2,1-3H3,(H2,11,12,13). The molecule has 1 saturated carbocycles. The van der Waals surface area contributed by atoms with E-state index in [0.717, 1.165) is 6.42 Å². The zero-order chi connectivity index (χ0) is 9.90. The van der Waals surface area contributed by atoms with Gasteiger partial charge in [0.1, 0.15) is 0 Å². The fourth-order valence-electron chi connectivity index (χ4n) is 1.99. The van der Waals surface area contributed by atoms with Crippen molar-refractivity contribution in [2.75, 3.05) is 7.05 Å². The second-order valence-electron chi connectivity index (χ2n) is 4.51. The average molecular weight is 184 g/mol. The first kappa shape index (κ1) is 10.4. The van der Waals surface area contributed by atoms with Gasteiger partial charge in [-0.15, -0.1) is 0 Å². The summed E-state index contributed by atoms with van der Waals surface area (Å²) in [5.74, 6) is 0. The van der Waals surface area contributed by atoms with Crippen molar-refractivity contribution in [2.24, 2.45) is 5.41 Å². The van der Waals surface area contributed by atoms with Crippen LogP contribution in [0, 0.1) is 5.41 Å². The summed E-state index contributed by atoms with van der Waals surface area (Å²) in [4.78, 5) is 11.1. The largest absolute Gasteiger partial charge is 0.341 e. The van der Waals surface area contributed by atoms with Gasteiger partial charge in [-0.05, 0) is 18.3 Å². The quantitative estimate of drug-likeness (QED) is 0.642. The minimum absolute atomic E-state index is 0.0556. The molecular weight excluding hydrogens is 164 g/mol. The van der Waals surface area contributed by atoms with Crippen LogP contribution >= 0.6 is 0 Å².